The highest BCUT2D eigenvalue weighted by Gasteiger charge is 2.27. The molecule has 0 amide bonds. The molecule has 1 fully saturated rings. The third-order valence-electron chi connectivity index (χ3n) is 3.35. The molecule has 0 radical (unpaired) electrons. The molecule has 1 aromatic carbocycles. The van der Waals surface area contributed by atoms with Crippen LogP contribution in [0.1, 0.15) is 18.7 Å². The van der Waals surface area contributed by atoms with Gasteiger partial charge in [0.1, 0.15) is 11.3 Å². The number of hydrogen-bond donors (Lipinski definition) is 2. The quantitative estimate of drug-likeness (QED) is 0.798. The number of halogens is 1. The molecule has 1 aliphatic rings. The Morgan fingerprint density at radius 2 is 2.25 bits per heavy atom. The first-order chi connectivity index (χ1) is 7.75. The van der Waals surface area contributed by atoms with Crippen molar-refractivity contribution in [3.63, 3.8) is 0 Å². The van der Waals surface area contributed by atoms with Gasteiger partial charge in [0.15, 0.2) is 0 Å². The average Bonchev–Trinajstić information content (AvgIpc) is 2.84. The second kappa shape index (κ2) is 3.75. The van der Waals surface area contributed by atoms with Crippen LogP contribution in [0, 0.1) is 5.92 Å². The van der Waals surface area contributed by atoms with Crippen LogP contribution in [-0.2, 0) is 0 Å². The molecule has 0 unspecified atom stereocenters. The van der Waals surface area contributed by atoms with E-state index in [9.17, 15) is 0 Å². The summed E-state index contributed by atoms with van der Waals surface area (Å²) in [5.74, 6) is 2.16. The number of hydrogen-bond acceptors (Lipinski definition) is 2. The van der Waals surface area contributed by atoms with E-state index < -0.39 is 0 Å². The lowest BCUT2D eigenvalue weighted by atomic mass is 9.98. The molecule has 2 N–H and O–H groups in total. The lowest BCUT2D eigenvalue weighted by molar-refractivity contribution is 0.551. The molecular weight excluding hydrogens is 222 g/mol. The van der Waals surface area contributed by atoms with E-state index in [1.54, 1.807) is 0 Å². The summed E-state index contributed by atoms with van der Waals surface area (Å²) in [6.07, 6.45) is 0. The fourth-order valence-corrected chi connectivity index (χ4v) is 2.58. The lowest BCUT2D eigenvalue weighted by Gasteiger charge is -2.09. The van der Waals surface area contributed by atoms with Crippen molar-refractivity contribution in [2.24, 2.45) is 5.92 Å². The normalized spacial score (nSPS) is 25.4. The summed E-state index contributed by atoms with van der Waals surface area (Å²) < 4.78 is 0. The highest BCUT2D eigenvalue weighted by atomic mass is 35.5. The molecule has 4 heteroatoms. The van der Waals surface area contributed by atoms with Gasteiger partial charge in [0, 0.05) is 12.5 Å². The summed E-state index contributed by atoms with van der Waals surface area (Å²) in [6.45, 7) is 4.31. The average molecular weight is 236 g/mol. The summed E-state index contributed by atoms with van der Waals surface area (Å²) >= 11 is 6.12. The van der Waals surface area contributed by atoms with Crippen molar-refractivity contribution in [3.05, 3.63) is 29.0 Å². The third-order valence-corrected chi connectivity index (χ3v) is 3.66. The largest absolute Gasteiger partial charge is 0.342 e. The first-order valence-corrected chi connectivity index (χ1v) is 5.98. The van der Waals surface area contributed by atoms with Gasteiger partial charge in [-0.1, -0.05) is 24.6 Å². The summed E-state index contributed by atoms with van der Waals surface area (Å²) in [4.78, 5) is 7.99. The van der Waals surface area contributed by atoms with E-state index in [0.717, 1.165) is 35.0 Å². The number of para-hydroxylation sites is 1. The Kier molecular flexibility index (Phi) is 2.37. The van der Waals surface area contributed by atoms with E-state index in [2.05, 4.69) is 22.2 Å². The van der Waals surface area contributed by atoms with Gasteiger partial charge in [-0.05, 0) is 24.6 Å². The number of aromatic nitrogens is 2. The first kappa shape index (κ1) is 10.1. The molecule has 0 bridgehead atoms. The molecule has 3 rings (SSSR count). The van der Waals surface area contributed by atoms with Crippen LogP contribution in [0.4, 0.5) is 0 Å². The van der Waals surface area contributed by atoms with E-state index in [0.29, 0.717) is 11.8 Å². The van der Waals surface area contributed by atoms with Crippen LogP contribution in [0.5, 0.6) is 0 Å². The second-order valence-corrected chi connectivity index (χ2v) is 4.91. The SMILES string of the molecule is C[C@@H]1CNC[C@H]1c1nc2c(Cl)cccc2[nH]1. The standard InChI is InChI=1S/C12H14ClN3/c1-7-5-14-6-8(7)12-15-10-4-2-3-9(13)11(10)16-12/h2-4,7-8,14H,5-6H2,1H3,(H,15,16)/t7-,8-/m1/s1. The number of nitrogens with zero attached hydrogens (tertiary/aromatic N) is 1. The van der Waals surface area contributed by atoms with Crippen molar-refractivity contribution >= 4 is 22.6 Å². The monoisotopic (exact) mass is 235 g/mol. The number of aromatic amines is 1. The summed E-state index contributed by atoms with van der Waals surface area (Å²) in [6, 6.07) is 5.85. The van der Waals surface area contributed by atoms with Gasteiger partial charge in [-0.3, -0.25) is 0 Å². The number of nitrogens with one attached hydrogen (secondary N) is 2. The topological polar surface area (TPSA) is 40.7 Å². The molecule has 2 atom stereocenters. The Bertz CT molecular complexity index is 520. The number of H-pyrrole nitrogens is 1. The van der Waals surface area contributed by atoms with Gasteiger partial charge < -0.3 is 10.3 Å². The van der Waals surface area contributed by atoms with E-state index >= 15 is 0 Å². The zero-order valence-electron chi connectivity index (χ0n) is 9.13. The second-order valence-electron chi connectivity index (χ2n) is 4.50. The van der Waals surface area contributed by atoms with Gasteiger partial charge in [0.25, 0.3) is 0 Å². The molecule has 2 aromatic rings. The lowest BCUT2D eigenvalue weighted by Crippen LogP contribution is -2.09. The van der Waals surface area contributed by atoms with Crippen LogP contribution in [-0.4, -0.2) is 23.1 Å². The molecule has 1 saturated heterocycles. The van der Waals surface area contributed by atoms with E-state index in [4.69, 9.17) is 11.6 Å². The molecule has 0 spiro atoms. The number of rotatable bonds is 1. The molecule has 84 valence electrons. The molecule has 0 aliphatic carbocycles. The first-order valence-electron chi connectivity index (χ1n) is 5.60. The van der Waals surface area contributed by atoms with Gasteiger partial charge in [-0.15, -0.1) is 0 Å². The highest BCUT2D eigenvalue weighted by molar-refractivity contribution is 6.34. The number of benzene rings is 1. The van der Waals surface area contributed by atoms with Gasteiger partial charge in [-0.2, -0.15) is 0 Å². The van der Waals surface area contributed by atoms with Gasteiger partial charge in [0.05, 0.1) is 10.5 Å². The van der Waals surface area contributed by atoms with Gasteiger partial charge in [0.2, 0.25) is 0 Å². The molecule has 1 aromatic heterocycles. The minimum atomic E-state index is 0.475. The number of fused-ring (bicyclic) bond motifs is 1. The fourth-order valence-electron chi connectivity index (χ4n) is 2.37. The minimum Gasteiger partial charge on any atom is -0.342 e. The minimum absolute atomic E-state index is 0.475. The predicted octanol–water partition coefficient (Wildman–Crippen LogP) is 2.54. The van der Waals surface area contributed by atoms with E-state index in [1.807, 2.05) is 18.2 Å². The van der Waals surface area contributed by atoms with Crippen molar-refractivity contribution in [1.82, 2.24) is 15.3 Å². The van der Waals surface area contributed by atoms with Crippen LogP contribution >= 0.6 is 11.6 Å². The third kappa shape index (κ3) is 1.51. The van der Waals surface area contributed by atoms with Crippen molar-refractivity contribution < 1.29 is 0 Å². The smallest absolute Gasteiger partial charge is 0.112 e. The molecular formula is C12H14ClN3. The zero-order chi connectivity index (χ0) is 11.1. The van der Waals surface area contributed by atoms with Crippen LogP contribution in [0.3, 0.4) is 0 Å². The zero-order valence-corrected chi connectivity index (χ0v) is 9.88. The molecule has 16 heavy (non-hydrogen) atoms. The molecule has 2 heterocycles. The maximum Gasteiger partial charge on any atom is 0.112 e. The maximum absolute atomic E-state index is 6.12. The van der Waals surface area contributed by atoms with Crippen LogP contribution < -0.4 is 5.32 Å². The van der Waals surface area contributed by atoms with E-state index in [1.165, 1.54) is 0 Å². The Morgan fingerprint density at radius 3 is 2.94 bits per heavy atom. The fraction of sp³-hybridized carbons (Fsp3) is 0.417. The Balaban J connectivity index is 2.08. The summed E-state index contributed by atoms with van der Waals surface area (Å²) in [5, 5.41) is 4.11. The van der Waals surface area contributed by atoms with Crippen molar-refractivity contribution in [2.75, 3.05) is 13.1 Å². The predicted molar refractivity (Wildman–Crippen MR) is 65.9 cm³/mol. The van der Waals surface area contributed by atoms with Gasteiger partial charge in [-0.25, -0.2) is 4.98 Å². The van der Waals surface area contributed by atoms with Crippen LogP contribution in [0.2, 0.25) is 5.02 Å². The van der Waals surface area contributed by atoms with Crippen molar-refractivity contribution in [1.29, 1.82) is 0 Å². The molecule has 1 aliphatic heterocycles. The Labute approximate surface area is 99.2 Å². The Hall–Kier alpha value is -1.06. The van der Waals surface area contributed by atoms with Gasteiger partial charge >= 0.3 is 0 Å². The summed E-state index contributed by atoms with van der Waals surface area (Å²) in [7, 11) is 0. The molecule has 0 saturated carbocycles. The van der Waals surface area contributed by atoms with Crippen molar-refractivity contribution in [3.8, 4) is 0 Å². The highest BCUT2D eigenvalue weighted by Crippen LogP contribution is 2.29. The van der Waals surface area contributed by atoms with Crippen LogP contribution in [0.25, 0.3) is 11.0 Å². The summed E-state index contributed by atoms with van der Waals surface area (Å²) in [5.41, 5.74) is 1.92. The molecule has 3 nitrogen and oxygen atoms in total. The number of imidazole rings is 1. The maximum atomic E-state index is 6.12. The van der Waals surface area contributed by atoms with Crippen LogP contribution in [0.15, 0.2) is 18.2 Å². The van der Waals surface area contributed by atoms with Crippen molar-refractivity contribution in [2.45, 2.75) is 12.8 Å². The van der Waals surface area contributed by atoms with E-state index in [-0.39, 0.29) is 0 Å². The Morgan fingerprint density at radius 1 is 1.38 bits per heavy atom.